The summed E-state index contributed by atoms with van der Waals surface area (Å²) in [5.41, 5.74) is 1.60. The Labute approximate surface area is 145 Å². The molecule has 0 bridgehead atoms. The Morgan fingerprint density at radius 3 is 2.43 bits per heavy atom. The van der Waals surface area contributed by atoms with Crippen molar-refractivity contribution in [2.45, 2.75) is 11.5 Å². The van der Waals surface area contributed by atoms with Crippen LogP contribution < -0.4 is 4.74 Å². The molecule has 0 aliphatic rings. The van der Waals surface area contributed by atoms with E-state index in [4.69, 9.17) is 27.9 Å². The van der Waals surface area contributed by atoms with Gasteiger partial charge in [-0.25, -0.2) is 0 Å². The zero-order valence-corrected chi connectivity index (χ0v) is 15.2. The van der Waals surface area contributed by atoms with Gasteiger partial charge in [0.1, 0.15) is 5.75 Å². The minimum Gasteiger partial charge on any atom is -0.496 e. The first-order chi connectivity index (χ1) is 10.0. The second-order valence-corrected chi connectivity index (χ2v) is 7.57. The van der Waals surface area contributed by atoms with Crippen molar-refractivity contribution in [3.8, 4) is 5.75 Å². The molecule has 0 N–H and O–H groups in total. The summed E-state index contributed by atoms with van der Waals surface area (Å²) in [5, 5.41) is 1.08. The Kier molecular flexibility index (Phi) is 6.11. The zero-order chi connectivity index (χ0) is 15.4. The number of benzene rings is 2. The summed E-state index contributed by atoms with van der Waals surface area (Å²) in [6.07, 6.45) is 0. The quantitative estimate of drug-likeness (QED) is 0.679. The smallest absolute Gasteiger partial charge is 0.123 e. The van der Waals surface area contributed by atoms with Crippen LogP contribution in [0.3, 0.4) is 0 Å². The van der Waals surface area contributed by atoms with Crippen LogP contribution in [-0.4, -0.2) is 11.3 Å². The van der Waals surface area contributed by atoms with Crippen LogP contribution in [-0.2, 0) is 22.3 Å². The van der Waals surface area contributed by atoms with Crippen LogP contribution in [0.25, 0.3) is 0 Å². The number of ether oxygens (including phenoxy) is 1. The first-order valence-corrected chi connectivity index (χ1v) is 9.15. The highest BCUT2D eigenvalue weighted by Gasteiger charge is 2.13. The SMILES string of the molecule is COc1ccc(Br)cc1CS(=O)Cc1c(Cl)cccc1Cl. The zero-order valence-electron chi connectivity index (χ0n) is 11.2. The molecular weight excluding hydrogens is 395 g/mol. The van der Waals surface area contributed by atoms with Crippen molar-refractivity contribution in [1.29, 1.82) is 0 Å². The number of methoxy groups -OCH3 is 1. The van der Waals surface area contributed by atoms with Gasteiger partial charge in [0.2, 0.25) is 0 Å². The third kappa shape index (κ3) is 4.46. The Balaban J connectivity index is 2.17. The van der Waals surface area contributed by atoms with Gasteiger partial charge in [-0.2, -0.15) is 0 Å². The summed E-state index contributed by atoms with van der Waals surface area (Å²) >= 11 is 15.6. The number of halogens is 3. The molecule has 0 aliphatic heterocycles. The average Bonchev–Trinajstić information content (AvgIpc) is 2.43. The molecular formula is C15H13BrCl2O2S. The Bertz CT molecular complexity index is 656. The van der Waals surface area contributed by atoms with Gasteiger partial charge in [-0.05, 0) is 30.3 Å². The van der Waals surface area contributed by atoms with Gasteiger partial charge >= 0.3 is 0 Å². The first kappa shape index (κ1) is 16.8. The van der Waals surface area contributed by atoms with Crippen molar-refractivity contribution in [2.24, 2.45) is 0 Å². The number of rotatable bonds is 5. The van der Waals surface area contributed by atoms with Crippen LogP contribution in [0.1, 0.15) is 11.1 Å². The molecule has 0 aromatic heterocycles. The van der Waals surface area contributed by atoms with Crippen molar-refractivity contribution in [2.75, 3.05) is 7.11 Å². The van der Waals surface area contributed by atoms with Crippen molar-refractivity contribution in [3.05, 3.63) is 62.0 Å². The molecule has 2 nitrogen and oxygen atoms in total. The molecule has 0 heterocycles. The number of hydrogen-bond donors (Lipinski definition) is 0. The highest BCUT2D eigenvalue weighted by Crippen LogP contribution is 2.28. The third-order valence-corrected chi connectivity index (χ3v) is 5.37. The maximum Gasteiger partial charge on any atom is 0.123 e. The van der Waals surface area contributed by atoms with E-state index in [9.17, 15) is 4.21 Å². The fraction of sp³-hybridized carbons (Fsp3) is 0.200. The molecule has 1 unspecified atom stereocenters. The van der Waals surface area contributed by atoms with E-state index >= 15 is 0 Å². The minimum atomic E-state index is -1.13. The molecule has 2 aromatic rings. The van der Waals surface area contributed by atoms with Gasteiger partial charge in [0.25, 0.3) is 0 Å². The molecule has 0 spiro atoms. The lowest BCUT2D eigenvalue weighted by atomic mass is 10.2. The molecule has 112 valence electrons. The molecule has 2 rings (SSSR count). The molecule has 1 atom stereocenters. The van der Waals surface area contributed by atoms with E-state index in [1.807, 2.05) is 18.2 Å². The van der Waals surface area contributed by atoms with Crippen LogP contribution in [0.15, 0.2) is 40.9 Å². The highest BCUT2D eigenvalue weighted by atomic mass is 79.9. The van der Waals surface area contributed by atoms with E-state index in [1.54, 1.807) is 25.3 Å². The van der Waals surface area contributed by atoms with E-state index in [0.717, 1.165) is 15.8 Å². The van der Waals surface area contributed by atoms with E-state index in [-0.39, 0.29) is 0 Å². The second-order valence-electron chi connectivity index (χ2n) is 4.38. The Hall–Kier alpha value is -0.550. The third-order valence-electron chi connectivity index (χ3n) is 2.93. The van der Waals surface area contributed by atoms with Gasteiger partial charge in [-0.15, -0.1) is 0 Å². The monoisotopic (exact) mass is 406 g/mol. The number of hydrogen-bond acceptors (Lipinski definition) is 2. The summed E-state index contributed by atoms with van der Waals surface area (Å²) in [4.78, 5) is 0. The fourth-order valence-corrected chi connectivity index (χ4v) is 4.32. The Morgan fingerprint density at radius 1 is 1.14 bits per heavy atom. The highest BCUT2D eigenvalue weighted by molar-refractivity contribution is 9.10. The largest absolute Gasteiger partial charge is 0.496 e. The Morgan fingerprint density at radius 2 is 1.81 bits per heavy atom. The van der Waals surface area contributed by atoms with Crippen molar-refractivity contribution in [3.63, 3.8) is 0 Å². The van der Waals surface area contributed by atoms with Gasteiger partial charge in [0.15, 0.2) is 0 Å². The van der Waals surface area contributed by atoms with Crippen molar-refractivity contribution in [1.82, 2.24) is 0 Å². The standard InChI is InChI=1S/C15H13BrCl2O2S/c1-20-15-6-5-11(16)7-10(15)8-21(19)9-12-13(17)3-2-4-14(12)18/h2-7H,8-9H2,1H3. The lowest BCUT2D eigenvalue weighted by molar-refractivity contribution is 0.411. The molecule has 0 fully saturated rings. The molecule has 0 saturated heterocycles. The molecule has 21 heavy (non-hydrogen) atoms. The molecule has 0 saturated carbocycles. The summed E-state index contributed by atoms with van der Waals surface area (Å²) in [7, 11) is 0.465. The summed E-state index contributed by atoms with van der Waals surface area (Å²) in [6.45, 7) is 0. The van der Waals surface area contributed by atoms with Gasteiger partial charge in [0.05, 0.1) is 18.6 Å². The topological polar surface area (TPSA) is 26.3 Å². The summed E-state index contributed by atoms with van der Waals surface area (Å²) in [6, 6.07) is 10.9. The van der Waals surface area contributed by atoms with Crippen molar-refractivity contribution >= 4 is 49.9 Å². The lowest BCUT2D eigenvalue weighted by Gasteiger charge is -2.10. The summed E-state index contributed by atoms with van der Waals surface area (Å²) < 4.78 is 18.6. The lowest BCUT2D eigenvalue weighted by Crippen LogP contribution is -2.02. The van der Waals surface area contributed by atoms with Gasteiger partial charge in [-0.3, -0.25) is 4.21 Å². The van der Waals surface area contributed by atoms with E-state index in [2.05, 4.69) is 15.9 Å². The molecule has 0 radical (unpaired) electrons. The first-order valence-electron chi connectivity index (χ1n) is 6.11. The molecule has 0 aliphatic carbocycles. The van der Waals surface area contributed by atoms with Gasteiger partial charge in [0, 0.05) is 36.4 Å². The van der Waals surface area contributed by atoms with Crippen LogP contribution in [0, 0.1) is 0 Å². The van der Waals surface area contributed by atoms with Crippen LogP contribution in [0.5, 0.6) is 5.75 Å². The fourth-order valence-electron chi connectivity index (χ4n) is 1.92. The second kappa shape index (κ2) is 7.63. The average molecular weight is 408 g/mol. The van der Waals surface area contributed by atoms with Crippen LogP contribution >= 0.6 is 39.1 Å². The van der Waals surface area contributed by atoms with E-state index in [1.165, 1.54) is 0 Å². The normalized spacial score (nSPS) is 12.2. The molecule has 0 amide bonds. The van der Waals surface area contributed by atoms with Crippen LogP contribution in [0.4, 0.5) is 0 Å². The van der Waals surface area contributed by atoms with E-state index < -0.39 is 10.8 Å². The predicted octanol–water partition coefficient (Wildman–Crippen LogP) is 5.21. The maximum atomic E-state index is 12.4. The molecule has 6 heteroatoms. The molecule has 2 aromatic carbocycles. The predicted molar refractivity (Wildman–Crippen MR) is 92.7 cm³/mol. The minimum absolute atomic E-state index is 0.314. The van der Waals surface area contributed by atoms with Crippen molar-refractivity contribution < 1.29 is 8.95 Å². The summed E-state index contributed by atoms with van der Waals surface area (Å²) in [5.74, 6) is 1.41. The van der Waals surface area contributed by atoms with Crippen LogP contribution in [0.2, 0.25) is 10.0 Å². The van der Waals surface area contributed by atoms with E-state index in [0.29, 0.717) is 27.1 Å². The van der Waals surface area contributed by atoms with Gasteiger partial charge in [-0.1, -0.05) is 45.2 Å². The van der Waals surface area contributed by atoms with Gasteiger partial charge < -0.3 is 4.74 Å². The maximum absolute atomic E-state index is 12.4.